The van der Waals surface area contributed by atoms with Crippen molar-refractivity contribution in [1.29, 1.82) is 0 Å². The van der Waals surface area contributed by atoms with Gasteiger partial charge in [-0.3, -0.25) is 9.89 Å². The number of thiazole rings is 1. The minimum atomic E-state index is -0.207. The van der Waals surface area contributed by atoms with Gasteiger partial charge in [0, 0.05) is 16.3 Å². The van der Waals surface area contributed by atoms with E-state index < -0.39 is 0 Å². The summed E-state index contributed by atoms with van der Waals surface area (Å²) in [6.45, 7) is 0.378. The van der Waals surface area contributed by atoms with Crippen LogP contribution in [0.1, 0.15) is 16.2 Å². The van der Waals surface area contributed by atoms with Crippen LogP contribution in [0.4, 0.5) is 0 Å². The van der Waals surface area contributed by atoms with Gasteiger partial charge in [0.05, 0.1) is 17.8 Å². The molecule has 2 N–H and O–H groups in total. The number of carbonyl (C=O) groups excluding carboxylic acids is 1. The Morgan fingerprint density at radius 2 is 1.88 bits per heavy atom. The van der Waals surface area contributed by atoms with Crippen LogP contribution >= 0.6 is 11.3 Å². The fraction of sp³-hybridized carbons (Fsp3) is 0.0556. The normalized spacial score (nSPS) is 10.8. The maximum Gasteiger partial charge on any atom is 0.272 e. The van der Waals surface area contributed by atoms with Crippen LogP contribution in [0, 0.1) is 0 Å². The molecular weight excluding hydrogens is 320 g/mol. The van der Waals surface area contributed by atoms with Gasteiger partial charge in [0.2, 0.25) is 0 Å². The van der Waals surface area contributed by atoms with Crippen LogP contribution < -0.4 is 5.32 Å². The van der Waals surface area contributed by atoms with E-state index in [0.29, 0.717) is 12.2 Å². The third-order valence-electron chi connectivity index (χ3n) is 3.69. The van der Waals surface area contributed by atoms with E-state index in [-0.39, 0.29) is 5.91 Å². The summed E-state index contributed by atoms with van der Waals surface area (Å²) in [6, 6.07) is 17.6. The van der Waals surface area contributed by atoms with E-state index in [9.17, 15) is 4.79 Å². The highest BCUT2D eigenvalue weighted by molar-refractivity contribution is 7.13. The number of hydrogen-bond acceptors (Lipinski definition) is 4. The van der Waals surface area contributed by atoms with E-state index in [1.54, 1.807) is 11.3 Å². The van der Waals surface area contributed by atoms with Gasteiger partial charge >= 0.3 is 0 Å². The molecule has 2 aromatic heterocycles. The lowest BCUT2D eigenvalue weighted by atomic mass is 10.2. The highest BCUT2D eigenvalue weighted by Gasteiger charge is 2.14. The van der Waals surface area contributed by atoms with Gasteiger partial charge in [-0.25, -0.2) is 4.98 Å². The maximum atomic E-state index is 12.4. The zero-order valence-corrected chi connectivity index (χ0v) is 13.5. The van der Waals surface area contributed by atoms with Gasteiger partial charge in [0.25, 0.3) is 5.91 Å². The van der Waals surface area contributed by atoms with Gasteiger partial charge in [-0.2, -0.15) is 5.10 Å². The van der Waals surface area contributed by atoms with Crippen molar-refractivity contribution in [3.63, 3.8) is 0 Å². The minimum absolute atomic E-state index is 0.207. The van der Waals surface area contributed by atoms with E-state index in [4.69, 9.17) is 0 Å². The SMILES string of the molecule is O=C(NCc1csc(-c2ccccc2)n1)c1n[nH]c2ccccc12. The molecule has 6 heteroatoms. The number of hydrogen-bond donors (Lipinski definition) is 2. The van der Waals surface area contributed by atoms with Gasteiger partial charge in [0.1, 0.15) is 5.01 Å². The lowest BCUT2D eigenvalue weighted by molar-refractivity contribution is 0.0947. The van der Waals surface area contributed by atoms with Crippen LogP contribution in [0.3, 0.4) is 0 Å². The molecule has 2 aromatic carbocycles. The second-order valence-electron chi connectivity index (χ2n) is 5.31. The highest BCUT2D eigenvalue weighted by Crippen LogP contribution is 2.23. The highest BCUT2D eigenvalue weighted by atomic mass is 32.1. The fourth-order valence-corrected chi connectivity index (χ4v) is 3.32. The molecule has 5 nitrogen and oxygen atoms in total. The van der Waals surface area contributed by atoms with Crippen LogP contribution in [0.15, 0.2) is 60.0 Å². The molecule has 118 valence electrons. The van der Waals surface area contributed by atoms with Crippen molar-refractivity contribution in [2.45, 2.75) is 6.54 Å². The summed E-state index contributed by atoms with van der Waals surface area (Å²) in [5.41, 5.74) is 3.18. The molecule has 0 fully saturated rings. The van der Waals surface area contributed by atoms with Crippen molar-refractivity contribution >= 4 is 28.1 Å². The Bertz CT molecular complexity index is 990. The molecule has 0 atom stereocenters. The minimum Gasteiger partial charge on any atom is -0.345 e. The zero-order valence-electron chi connectivity index (χ0n) is 12.7. The summed E-state index contributed by atoms with van der Waals surface area (Å²) in [6.07, 6.45) is 0. The molecule has 4 rings (SSSR count). The Morgan fingerprint density at radius 3 is 2.75 bits per heavy atom. The molecule has 0 aliphatic heterocycles. The summed E-state index contributed by atoms with van der Waals surface area (Å²) in [4.78, 5) is 16.9. The van der Waals surface area contributed by atoms with Crippen molar-refractivity contribution in [1.82, 2.24) is 20.5 Å². The summed E-state index contributed by atoms with van der Waals surface area (Å²) in [5.74, 6) is -0.207. The number of H-pyrrole nitrogens is 1. The van der Waals surface area contributed by atoms with Crippen LogP contribution in [-0.4, -0.2) is 21.1 Å². The monoisotopic (exact) mass is 334 g/mol. The molecule has 0 spiro atoms. The Morgan fingerprint density at radius 1 is 1.08 bits per heavy atom. The standard InChI is InChI=1S/C18H14N4OS/c23-17(16-14-8-4-5-9-15(14)21-22-16)19-10-13-11-24-18(20-13)12-6-2-1-3-7-12/h1-9,11H,10H2,(H,19,23)(H,21,22). The topological polar surface area (TPSA) is 70.7 Å². The van der Waals surface area contributed by atoms with Crippen LogP contribution in [0.2, 0.25) is 0 Å². The number of carbonyl (C=O) groups is 1. The predicted molar refractivity (Wildman–Crippen MR) is 94.8 cm³/mol. The van der Waals surface area contributed by atoms with Crippen molar-refractivity contribution in [2.24, 2.45) is 0 Å². The van der Waals surface area contributed by atoms with Crippen molar-refractivity contribution in [3.05, 3.63) is 71.4 Å². The largest absolute Gasteiger partial charge is 0.345 e. The second kappa shape index (κ2) is 6.25. The van der Waals surface area contributed by atoms with Crippen LogP contribution in [0.5, 0.6) is 0 Å². The van der Waals surface area contributed by atoms with Gasteiger partial charge in [-0.1, -0.05) is 48.5 Å². The number of rotatable bonds is 4. The third kappa shape index (κ3) is 2.79. The smallest absolute Gasteiger partial charge is 0.272 e. The average molecular weight is 334 g/mol. The van der Waals surface area contributed by atoms with Crippen LogP contribution in [0.25, 0.3) is 21.5 Å². The number of aromatic amines is 1. The number of nitrogens with zero attached hydrogens (tertiary/aromatic N) is 2. The Labute approximate surface area is 142 Å². The molecule has 0 saturated carbocycles. The fourth-order valence-electron chi connectivity index (χ4n) is 2.49. The van der Waals surface area contributed by atoms with Gasteiger partial charge in [-0.15, -0.1) is 11.3 Å². The van der Waals surface area contributed by atoms with Gasteiger partial charge < -0.3 is 5.32 Å². The molecule has 0 aliphatic rings. The molecule has 0 unspecified atom stereocenters. The Balaban J connectivity index is 1.47. The number of fused-ring (bicyclic) bond motifs is 1. The number of aromatic nitrogens is 3. The quantitative estimate of drug-likeness (QED) is 0.599. The molecule has 0 bridgehead atoms. The second-order valence-corrected chi connectivity index (χ2v) is 6.17. The van der Waals surface area contributed by atoms with E-state index in [2.05, 4.69) is 20.5 Å². The predicted octanol–water partition coefficient (Wildman–Crippen LogP) is 3.62. The summed E-state index contributed by atoms with van der Waals surface area (Å²) < 4.78 is 0. The van der Waals surface area contributed by atoms with Crippen molar-refractivity contribution in [3.8, 4) is 10.6 Å². The molecule has 1 amide bonds. The molecule has 4 aromatic rings. The van der Waals surface area contributed by atoms with E-state index in [0.717, 1.165) is 27.2 Å². The van der Waals surface area contributed by atoms with Crippen LogP contribution in [-0.2, 0) is 6.54 Å². The van der Waals surface area contributed by atoms with E-state index >= 15 is 0 Å². The molecule has 0 aliphatic carbocycles. The first-order valence-electron chi connectivity index (χ1n) is 7.52. The number of nitrogens with one attached hydrogen (secondary N) is 2. The summed E-state index contributed by atoms with van der Waals surface area (Å²) in [5, 5.41) is 13.6. The third-order valence-corrected chi connectivity index (χ3v) is 4.63. The van der Waals surface area contributed by atoms with Gasteiger partial charge in [0.15, 0.2) is 5.69 Å². The maximum absolute atomic E-state index is 12.4. The summed E-state index contributed by atoms with van der Waals surface area (Å²) >= 11 is 1.57. The summed E-state index contributed by atoms with van der Waals surface area (Å²) in [7, 11) is 0. The number of amides is 1. The average Bonchev–Trinajstić information content (AvgIpc) is 3.27. The van der Waals surface area contributed by atoms with E-state index in [1.165, 1.54) is 0 Å². The van der Waals surface area contributed by atoms with E-state index in [1.807, 2.05) is 60.0 Å². The lowest BCUT2D eigenvalue weighted by Gasteiger charge is -2.01. The Kier molecular flexibility index (Phi) is 3.80. The first kappa shape index (κ1) is 14.6. The first-order valence-corrected chi connectivity index (χ1v) is 8.40. The van der Waals surface area contributed by atoms with Crippen molar-refractivity contribution < 1.29 is 4.79 Å². The Hall–Kier alpha value is -2.99. The molecular formula is C18H14N4OS. The lowest BCUT2D eigenvalue weighted by Crippen LogP contribution is -2.23. The molecule has 24 heavy (non-hydrogen) atoms. The number of benzene rings is 2. The first-order chi connectivity index (χ1) is 11.8. The molecule has 0 radical (unpaired) electrons. The molecule has 2 heterocycles. The zero-order chi connectivity index (χ0) is 16.4. The van der Waals surface area contributed by atoms with Gasteiger partial charge in [-0.05, 0) is 6.07 Å². The number of para-hydroxylation sites is 1. The molecule has 0 saturated heterocycles. The van der Waals surface area contributed by atoms with Crippen molar-refractivity contribution in [2.75, 3.05) is 0 Å².